The smallest absolute Gasteiger partial charge is 0.260 e. The number of nitrogens with one attached hydrogen (secondary N) is 1. The fraction of sp³-hybridized carbons (Fsp3) is 0.333. The van der Waals surface area contributed by atoms with Gasteiger partial charge < -0.3 is 9.55 Å². The molecule has 4 aromatic heterocycles. The van der Waals surface area contributed by atoms with Gasteiger partial charge in [-0.25, -0.2) is 4.98 Å². The molecule has 2 atom stereocenters. The number of aryl methyl sites for hydroxylation is 1. The molecule has 0 unspecified atom stereocenters. The van der Waals surface area contributed by atoms with Crippen molar-refractivity contribution in [2.45, 2.75) is 31.8 Å². The van der Waals surface area contributed by atoms with Crippen LogP contribution in [0.25, 0.3) is 20.7 Å². The van der Waals surface area contributed by atoms with E-state index < -0.39 is 0 Å². The molecule has 4 aromatic rings. The molecule has 0 saturated carbocycles. The summed E-state index contributed by atoms with van der Waals surface area (Å²) in [6.45, 7) is 3.17. The molecule has 5 rings (SSSR count). The first-order valence-electron chi connectivity index (χ1n) is 9.55. The highest BCUT2D eigenvalue weighted by molar-refractivity contribution is 7.18. The van der Waals surface area contributed by atoms with Gasteiger partial charge in [-0.3, -0.25) is 9.69 Å². The minimum atomic E-state index is -0.0360. The third-order valence-electron chi connectivity index (χ3n) is 5.76. The van der Waals surface area contributed by atoms with Crippen LogP contribution in [0.3, 0.4) is 0 Å². The number of likely N-dealkylation sites (tertiary alicyclic amines) is 1. The minimum absolute atomic E-state index is 0.0360. The SMILES string of the molecule is C[C@H](c1nc2scc(-c3cccs3)c2c(=O)[nH]1)N1CCC[C@H]1c1cccn1C. The lowest BCUT2D eigenvalue weighted by atomic mass is 10.1. The molecule has 28 heavy (non-hydrogen) atoms. The van der Waals surface area contributed by atoms with E-state index >= 15 is 0 Å². The Labute approximate surface area is 171 Å². The first kappa shape index (κ1) is 17.8. The second-order valence-corrected chi connectivity index (χ2v) is 9.18. The van der Waals surface area contributed by atoms with Crippen molar-refractivity contribution in [1.82, 2.24) is 19.4 Å². The van der Waals surface area contributed by atoms with Gasteiger partial charge in [0.2, 0.25) is 0 Å². The number of fused-ring (bicyclic) bond motifs is 1. The zero-order valence-electron chi connectivity index (χ0n) is 15.9. The summed E-state index contributed by atoms with van der Waals surface area (Å²) in [4.78, 5) is 25.3. The second kappa shape index (κ2) is 6.99. The average Bonchev–Trinajstić information content (AvgIpc) is 3.46. The molecule has 1 N–H and O–H groups in total. The zero-order valence-corrected chi connectivity index (χ0v) is 17.5. The van der Waals surface area contributed by atoms with E-state index in [0.717, 1.165) is 40.5 Å². The van der Waals surface area contributed by atoms with Crippen LogP contribution in [0.5, 0.6) is 0 Å². The van der Waals surface area contributed by atoms with E-state index in [1.807, 2.05) is 11.4 Å². The Morgan fingerprint density at radius 2 is 2.18 bits per heavy atom. The van der Waals surface area contributed by atoms with Crippen molar-refractivity contribution >= 4 is 32.9 Å². The van der Waals surface area contributed by atoms with Crippen LogP contribution < -0.4 is 5.56 Å². The van der Waals surface area contributed by atoms with E-state index in [9.17, 15) is 4.79 Å². The summed E-state index contributed by atoms with van der Waals surface area (Å²) in [6, 6.07) is 8.78. The van der Waals surface area contributed by atoms with Crippen LogP contribution in [0.2, 0.25) is 0 Å². The van der Waals surface area contributed by atoms with E-state index in [-0.39, 0.29) is 11.6 Å². The molecule has 0 aromatic carbocycles. The van der Waals surface area contributed by atoms with Gasteiger partial charge in [0.25, 0.3) is 5.56 Å². The van der Waals surface area contributed by atoms with Crippen molar-refractivity contribution in [3.8, 4) is 10.4 Å². The van der Waals surface area contributed by atoms with Crippen molar-refractivity contribution in [2.75, 3.05) is 6.54 Å². The summed E-state index contributed by atoms with van der Waals surface area (Å²) in [5, 5.41) is 4.80. The maximum atomic E-state index is 13.0. The van der Waals surface area contributed by atoms with E-state index in [4.69, 9.17) is 4.98 Å². The zero-order chi connectivity index (χ0) is 19.3. The number of rotatable bonds is 4. The van der Waals surface area contributed by atoms with Crippen LogP contribution in [-0.2, 0) is 7.05 Å². The van der Waals surface area contributed by atoms with Crippen LogP contribution in [0.1, 0.15) is 43.4 Å². The molecule has 144 valence electrons. The van der Waals surface area contributed by atoms with Gasteiger partial charge in [0, 0.05) is 34.8 Å². The molecule has 0 radical (unpaired) electrons. The molecular weight excluding hydrogens is 388 g/mol. The van der Waals surface area contributed by atoms with Crippen LogP contribution in [0, 0.1) is 0 Å². The Morgan fingerprint density at radius 1 is 1.29 bits per heavy atom. The van der Waals surface area contributed by atoms with Gasteiger partial charge in [-0.1, -0.05) is 6.07 Å². The number of H-pyrrole nitrogens is 1. The molecule has 7 heteroatoms. The third kappa shape index (κ3) is 2.85. The molecule has 0 bridgehead atoms. The van der Waals surface area contributed by atoms with Gasteiger partial charge >= 0.3 is 0 Å². The average molecular weight is 411 g/mol. The van der Waals surface area contributed by atoms with Gasteiger partial charge in [-0.05, 0) is 49.9 Å². The topological polar surface area (TPSA) is 53.9 Å². The number of aromatic nitrogens is 3. The van der Waals surface area contributed by atoms with Gasteiger partial charge in [0.05, 0.1) is 17.5 Å². The Hall–Kier alpha value is -2.22. The Bertz CT molecular complexity index is 1170. The number of aromatic amines is 1. The van der Waals surface area contributed by atoms with Crippen molar-refractivity contribution in [2.24, 2.45) is 7.05 Å². The largest absolute Gasteiger partial charge is 0.353 e. The highest BCUT2D eigenvalue weighted by Crippen LogP contribution is 2.38. The second-order valence-electron chi connectivity index (χ2n) is 7.37. The summed E-state index contributed by atoms with van der Waals surface area (Å²) >= 11 is 3.21. The normalized spacial score (nSPS) is 18.9. The first-order valence-corrected chi connectivity index (χ1v) is 11.3. The fourth-order valence-corrected chi connectivity index (χ4v) is 6.09. The van der Waals surface area contributed by atoms with E-state index in [1.54, 1.807) is 22.7 Å². The van der Waals surface area contributed by atoms with Gasteiger partial charge in [-0.15, -0.1) is 22.7 Å². The van der Waals surface area contributed by atoms with Crippen LogP contribution in [0.15, 0.2) is 46.0 Å². The lowest BCUT2D eigenvalue weighted by molar-refractivity contribution is 0.181. The van der Waals surface area contributed by atoms with Crippen molar-refractivity contribution < 1.29 is 0 Å². The fourth-order valence-electron chi connectivity index (χ4n) is 4.32. The Balaban J connectivity index is 1.52. The summed E-state index contributed by atoms with van der Waals surface area (Å²) in [5.41, 5.74) is 2.28. The predicted molar refractivity (Wildman–Crippen MR) is 116 cm³/mol. The highest BCUT2D eigenvalue weighted by Gasteiger charge is 2.33. The molecule has 1 fully saturated rings. The van der Waals surface area contributed by atoms with E-state index in [0.29, 0.717) is 11.4 Å². The van der Waals surface area contributed by atoms with E-state index in [1.165, 1.54) is 5.69 Å². The number of thiophene rings is 2. The first-order chi connectivity index (χ1) is 13.6. The summed E-state index contributed by atoms with van der Waals surface area (Å²) < 4.78 is 2.20. The molecule has 1 aliphatic heterocycles. The number of hydrogen-bond donors (Lipinski definition) is 1. The molecular formula is C21H22N4OS2. The number of nitrogens with zero attached hydrogens (tertiary/aromatic N) is 3. The molecule has 5 nitrogen and oxygen atoms in total. The van der Waals surface area contributed by atoms with Crippen molar-refractivity contribution in [3.63, 3.8) is 0 Å². The minimum Gasteiger partial charge on any atom is -0.353 e. The van der Waals surface area contributed by atoms with Crippen LogP contribution >= 0.6 is 22.7 Å². The van der Waals surface area contributed by atoms with E-state index in [2.05, 4.69) is 58.2 Å². The van der Waals surface area contributed by atoms with Crippen LogP contribution in [-0.4, -0.2) is 26.0 Å². The summed E-state index contributed by atoms with van der Waals surface area (Å²) in [6.07, 6.45) is 4.39. The monoisotopic (exact) mass is 410 g/mol. The lowest BCUT2D eigenvalue weighted by Crippen LogP contribution is -2.30. The van der Waals surface area contributed by atoms with Crippen molar-refractivity contribution in [1.29, 1.82) is 0 Å². The molecule has 0 aliphatic carbocycles. The van der Waals surface area contributed by atoms with Crippen molar-refractivity contribution in [3.05, 3.63) is 63.1 Å². The van der Waals surface area contributed by atoms with Gasteiger partial charge in [-0.2, -0.15) is 0 Å². The standard InChI is InChI=1S/C21H22N4OS2/c1-13(25-10-4-7-16(25)15-6-3-9-24(15)2)19-22-20(26)18-14(12-28-21(18)23-19)17-8-5-11-27-17/h3,5-6,8-9,11-13,16H,4,7,10H2,1-2H3,(H,22,23,26)/t13-,16+/m1/s1. The summed E-state index contributed by atoms with van der Waals surface area (Å²) in [7, 11) is 2.10. The van der Waals surface area contributed by atoms with Gasteiger partial charge in [0.15, 0.2) is 0 Å². The molecule has 0 spiro atoms. The summed E-state index contributed by atoms with van der Waals surface area (Å²) in [5.74, 6) is 0.762. The predicted octanol–water partition coefficient (Wildman–Crippen LogP) is 4.95. The Morgan fingerprint density at radius 3 is 2.93 bits per heavy atom. The maximum absolute atomic E-state index is 13.0. The maximum Gasteiger partial charge on any atom is 0.260 e. The molecule has 5 heterocycles. The lowest BCUT2D eigenvalue weighted by Gasteiger charge is -2.30. The Kier molecular flexibility index (Phi) is 4.45. The molecule has 1 saturated heterocycles. The quantitative estimate of drug-likeness (QED) is 0.518. The van der Waals surface area contributed by atoms with Crippen LogP contribution in [0.4, 0.5) is 0 Å². The molecule has 0 amide bonds. The van der Waals surface area contributed by atoms with Gasteiger partial charge in [0.1, 0.15) is 10.7 Å². The number of hydrogen-bond acceptors (Lipinski definition) is 5. The highest BCUT2D eigenvalue weighted by atomic mass is 32.1. The third-order valence-corrected chi connectivity index (χ3v) is 7.54. The molecule has 1 aliphatic rings.